The second-order valence-corrected chi connectivity index (χ2v) is 5.71. The van der Waals surface area contributed by atoms with Crippen LogP contribution in [0.3, 0.4) is 0 Å². The zero-order valence-corrected chi connectivity index (χ0v) is 12.6. The molecule has 0 N–H and O–H groups in total. The second-order valence-electron chi connectivity index (χ2n) is 4.90. The summed E-state index contributed by atoms with van der Waals surface area (Å²) in [7, 11) is 0. The summed E-state index contributed by atoms with van der Waals surface area (Å²) in [5.41, 5.74) is -2.81. The second kappa shape index (κ2) is 5.42. The molecule has 0 fully saturated rings. The first-order valence-electron chi connectivity index (χ1n) is 6.24. The van der Waals surface area contributed by atoms with E-state index < -0.39 is 39.6 Å². The first-order valence-corrected chi connectivity index (χ1v) is 6.99. The Balaban J connectivity index is 2.08. The van der Waals surface area contributed by atoms with Crippen molar-refractivity contribution in [3.63, 3.8) is 0 Å². The highest BCUT2D eigenvalue weighted by atomic mass is 35.5. The van der Waals surface area contributed by atoms with Crippen molar-refractivity contribution in [1.29, 1.82) is 0 Å². The van der Waals surface area contributed by atoms with Gasteiger partial charge in [-0.1, -0.05) is 28.4 Å². The SMILES string of the molecule is Fc1c(Cl)cc(C2(C(F)(F)F)CC(c3ccoc3)=NO2)cc1Cl. The van der Waals surface area contributed by atoms with Gasteiger partial charge in [0.05, 0.1) is 34.7 Å². The highest BCUT2D eigenvalue weighted by Gasteiger charge is 2.62. The van der Waals surface area contributed by atoms with Gasteiger partial charge in [-0.15, -0.1) is 0 Å². The van der Waals surface area contributed by atoms with Gasteiger partial charge in [-0.25, -0.2) is 4.39 Å². The van der Waals surface area contributed by atoms with Crippen molar-refractivity contribution in [2.75, 3.05) is 0 Å². The Morgan fingerprint density at radius 3 is 2.35 bits per heavy atom. The number of hydrogen-bond donors (Lipinski definition) is 0. The highest BCUT2D eigenvalue weighted by Crippen LogP contribution is 2.50. The van der Waals surface area contributed by atoms with Crippen LogP contribution in [0.15, 0.2) is 40.3 Å². The maximum absolute atomic E-state index is 13.7. The minimum Gasteiger partial charge on any atom is -0.472 e. The van der Waals surface area contributed by atoms with Crippen molar-refractivity contribution in [2.24, 2.45) is 5.16 Å². The smallest absolute Gasteiger partial charge is 0.435 e. The van der Waals surface area contributed by atoms with E-state index in [4.69, 9.17) is 32.5 Å². The zero-order valence-electron chi connectivity index (χ0n) is 11.1. The molecule has 0 saturated heterocycles. The summed E-state index contributed by atoms with van der Waals surface area (Å²) in [6, 6.07) is 3.13. The average molecular weight is 368 g/mol. The lowest BCUT2D eigenvalue weighted by molar-refractivity contribution is -0.275. The van der Waals surface area contributed by atoms with Gasteiger partial charge in [0.2, 0.25) is 0 Å². The topological polar surface area (TPSA) is 34.7 Å². The molecule has 0 radical (unpaired) electrons. The van der Waals surface area contributed by atoms with Crippen LogP contribution in [0, 0.1) is 5.82 Å². The standard InChI is InChI=1S/C14H7Cl2F4NO2/c15-9-3-8(4-10(16)12(9)17)13(14(18,19)20)5-11(21-23-13)7-1-2-22-6-7/h1-4,6H,5H2. The minimum absolute atomic E-state index is 0.0487. The van der Waals surface area contributed by atoms with E-state index in [1.807, 2.05) is 0 Å². The molecule has 1 aromatic carbocycles. The van der Waals surface area contributed by atoms with Crippen molar-refractivity contribution in [2.45, 2.75) is 18.2 Å². The van der Waals surface area contributed by atoms with Crippen LogP contribution in [-0.4, -0.2) is 11.9 Å². The average Bonchev–Trinajstić information content (AvgIpc) is 3.12. The summed E-state index contributed by atoms with van der Waals surface area (Å²) in [5.74, 6) is -0.997. The molecule has 3 nitrogen and oxygen atoms in total. The molecule has 1 aliphatic heterocycles. The van der Waals surface area contributed by atoms with E-state index in [2.05, 4.69) is 5.16 Å². The number of hydrogen-bond acceptors (Lipinski definition) is 3. The molecule has 2 heterocycles. The Bertz CT molecular complexity index is 751. The number of furan rings is 1. The summed E-state index contributed by atoms with van der Waals surface area (Å²) < 4.78 is 59.4. The lowest BCUT2D eigenvalue weighted by Crippen LogP contribution is -2.42. The molecule has 0 bridgehead atoms. The van der Waals surface area contributed by atoms with Crippen molar-refractivity contribution >= 4 is 28.9 Å². The number of oxime groups is 1. The van der Waals surface area contributed by atoms with Crippen molar-refractivity contribution in [1.82, 2.24) is 0 Å². The molecule has 0 saturated carbocycles. The van der Waals surface area contributed by atoms with Crippen molar-refractivity contribution in [3.8, 4) is 0 Å². The van der Waals surface area contributed by atoms with Gasteiger partial charge in [0.25, 0.3) is 5.60 Å². The van der Waals surface area contributed by atoms with E-state index in [1.165, 1.54) is 18.6 Å². The third-order valence-corrected chi connectivity index (χ3v) is 4.04. The molecule has 1 aliphatic rings. The molecule has 9 heteroatoms. The molecule has 0 spiro atoms. The van der Waals surface area contributed by atoms with E-state index in [-0.39, 0.29) is 5.71 Å². The normalized spacial score (nSPS) is 21.2. The lowest BCUT2D eigenvalue weighted by Gasteiger charge is -2.29. The van der Waals surface area contributed by atoms with Gasteiger partial charge in [0, 0.05) is 11.1 Å². The van der Waals surface area contributed by atoms with Crippen LogP contribution in [0.2, 0.25) is 10.0 Å². The summed E-state index contributed by atoms with van der Waals surface area (Å²) in [6.45, 7) is 0. The monoisotopic (exact) mass is 367 g/mol. The third kappa shape index (κ3) is 2.57. The number of nitrogens with zero attached hydrogens (tertiary/aromatic N) is 1. The van der Waals surface area contributed by atoms with Crippen LogP contribution in [0.4, 0.5) is 17.6 Å². The predicted octanol–water partition coefficient (Wildman–Crippen LogP) is 5.31. The van der Waals surface area contributed by atoms with Gasteiger partial charge in [-0.3, -0.25) is 0 Å². The number of benzene rings is 1. The molecule has 1 unspecified atom stereocenters. The Morgan fingerprint density at radius 2 is 1.83 bits per heavy atom. The summed E-state index contributed by atoms with van der Waals surface area (Å²) in [6.07, 6.45) is -2.89. The van der Waals surface area contributed by atoms with Crippen molar-refractivity contribution in [3.05, 3.63) is 57.7 Å². The van der Waals surface area contributed by atoms with E-state index >= 15 is 0 Å². The largest absolute Gasteiger partial charge is 0.472 e. The summed E-state index contributed by atoms with van der Waals surface area (Å²) in [4.78, 5) is 4.76. The fraction of sp³-hybridized carbons (Fsp3) is 0.214. The number of rotatable bonds is 2. The van der Waals surface area contributed by atoms with Gasteiger partial charge in [-0.2, -0.15) is 13.2 Å². The van der Waals surface area contributed by atoms with Gasteiger partial charge >= 0.3 is 6.18 Å². The number of halogens is 6. The fourth-order valence-electron chi connectivity index (χ4n) is 2.28. The molecule has 3 rings (SSSR count). The predicted molar refractivity (Wildman–Crippen MR) is 75.1 cm³/mol. The minimum atomic E-state index is -4.83. The van der Waals surface area contributed by atoms with Crippen LogP contribution in [-0.2, 0) is 10.4 Å². The van der Waals surface area contributed by atoms with Crippen LogP contribution in [0.1, 0.15) is 17.5 Å². The molecule has 2 aromatic rings. The van der Waals surface area contributed by atoms with E-state index in [0.29, 0.717) is 5.56 Å². The fourth-order valence-corrected chi connectivity index (χ4v) is 2.76. The van der Waals surface area contributed by atoms with E-state index in [1.54, 1.807) is 0 Å². The van der Waals surface area contributed by atoms with Gasteiger partial charge < -0.3 is 9.25 Å². The van der Waals surface area contributed by atoms with Crippen LogP contribution in [0.25, 0.3) is 0 Å². The third-order valence-electron chi connectivity index (χ3n) is 3.49. The maximum atomic E-state index is 13.7. The van der Waals surface area contributed by atoms with E-state index in [0.717, 1.165) is 12.1 Å². The number of alkyl halides is 3. The van der Waals surface area contributed by atoms with Gasteiger partial charge in [-0.05, 0) is 18.2 Å². The molecule has 122 valence electrons. The van der Waals surface area contributed by atoms with Gasteiger partial charge in [0.15, 0.2) is 5.82 Å². The van der Waals surface area contributed by atoms with Gasteiger partial charge in [0.1, 0.15) is 0 Å². The molecule has 23 heavy (non-hydrogen) atoms. The molecular weight excluding hydrogens is 361 g/mol. The Hall–Kier alpha value is -1.73. The summed E-state index contributed by atoms with van der Waals surface area (Å²) >= 11 is 11.2. The van der Waals surface area contributed by atoms with E-state index in [9.17, 15) is 17.6 Å². The Labute approximate surface area is 137 Å². The highest BCUT2D eigenvalue weighted by molar-refractivity contribution is 6.35. The first-order chi connectivity index (χ1) is 10.7. The maximum Gasteiger partial charge on any atom is 0.435 e. The molecule has 1 aromatic heterocycles. The zero-order chi connectivity index (χ0) is 16.8. The molecular formula is C14H7Cl2F4NO2. The molecule has 1 atom stereocenters. The Morgan fingerprint density at radius 1 is 1.17 bits per heavy atom. The quantitative estimate of drug-likeness (QED) is 0.532. The van der Waals surface area contributed by atoms with Crippen LogP contribution in [0.5, 0.6) is 0 Å². The lowest BCUT2D eigenvalue weighted by atomic mass is 9.87. The van der Waals surface area contributed by atoms with Crippen LogP contribution >= 0.6 is 23.2 Å². The molecule has 0 amide bonds. The van der Waals surface area contributed by atoms with Crippen molar-refractivity contribution < 1.29 is 26.8 Å². The first kappa shape index (κ1) is 16.1. The van der Waals surface area contributed by atoms with Crippen LogP contribution < -0.4 is 0 Å². The Kier molecular flexibility index (Phi) is 3.80. The summed E-state index contributed by atoms with van der Waals surface area (Å²) in [5, 5.41) is 2.45. The molecule has 0 aliphatic carbocycles.